The number of aromatic hydroxyl groups is 1. The van der Waals surface area contributed by atoms with Gasteiger partial charge in [-0.1, -0.05) is 42.5 Å². The minimum atomic E-state index is -0.325. The first-order valence-electron chi connectivity index (χ1n) is 6.93. The summed E-state index contributed by atoms with van der Waals surface area (Å²) in [5, 5.41) is 15.4. The fraction of sp³-hybridized carbons (Fsp3) is 0.235. The number of nitrogens with one attached hydrogen (secondary N) is 2. The first-order valence-corrected chi connectivity index (χ1v) is 6.93. The van der Waals surface area contributed by atoms with Crippen LogP contribution in [0.1, 0.15) is 24.1 Å². The second-order valence-corrected chi connectivity index (χ2v) is 4.94. The minimum Gasteiger partial charge on any atom is -0.508 e. The molecule has 0 aromatic heterocycles. The summed E-state index contributed by atoms with van der Waals surface area (Å²) in [5.74, 6) is 0.166. The molecule has 2 aromatic rings. The molecule has 3 N–H and O–H groups in total. The Kier molecular flexibility index (Phi) is 4.95. The Labute approximate surface area is 124 Å². The average Bonchev–Trinajstić information content (AvgIpc) is 2.53. The van der Waals surface area contributed by atoms with E-state index in [1.165, 1.54) is 0 Å². The number of amides is 1. The Morgan fingerprint density at radius 1 is 1.00 bits per heavy atom. The standard InChI is InChI=1S/C17H20N2O2/c1-12(17(21)18-2)19-16(13-6-4-3-5-7-13)14-8-10-15(20)11-9-14/h3-12,16,19-20H,1-2H3,(H,18,21). The minimum absolute atomic E-state index is 0.0605. The predicted octanol–water partition coefficient (Wildman–Crippen LogP) is 2.21. The summed E-state index contributed by atoms with van der Waals surface area (Å²) in [7, 11) is 1.62. The number of likely N-dealkylation sites (N-methyl/N-ethyl adjacent to an activating group) is 1. The molecular formula is C17H20N2O2. The van der Waals surface area contributed by atoms with E-state index in [0.717, 1.165) is 11.1 Å². The van der Waals surface area contributed by atoms with Crippen molar-refractivity contribution in [3.8, 4) is 5.75 Å². The van der Waals surface area contributed by atoms with E-state index >= 15 is 0 Å². The Morgan fingerprint density at radius 3 is 2.14 bits per heavy atom. The molecule has 4 heteroatoms. The van der Waals surface area contributed by atoms with Gasteiger partial charge in [-0.25, -0.2) is 0 Å². The molecule has 0 saturated carbocycles. The smallest absolute Gasteiger partial charge is 0.236 e. The lowest BCUT2D eigenvalue weighted by atomic mass is 9.97. The number of rotatable bonds is 5. The summed E-state index contributed by atoms with van der Waals surface area (Å²) in [4.78, 5) is 11.8. The largest absolute Gasteiger partial charge is 0.508 e. The lowest BCUT2D eigenvalue weighted by Crippen LogP contribution is -2.42. The van der Waals surface area contributed by atoms with Crippen molar-refractivity contribution in [2.75, 3.05) is 7.05 Å². The molecule has 2 rings (SSSR count). The van der Waals surface area contributed by atoms with Crippen molar-refractivity contribution >= 4 is 5.91 Å². The maximum Gasteiger partial charge on any atom is 0.236 e. The first-order chi connectivity index (χ1) is 10.1. The van der Waals surface area contributed by atoms with Crippen LogP contribution in [0.15, 0.2) is 54.6 Å². The molecule has 0 radical (unpaired) electrons. The van der Waals surface area contributed by atoms with Crippen molar-refractivity contribution in [1.82, 2.24) is 10.6 Å². The van der Waals surface area contributed by atoms with E-state index in [4.69, 9.17) is 0 Å². The molecule has 0 fully saturated rings. The van der Waals surface area contributed by atoms with Crippen LogP contribution in [0.2, 0.25) is 0 Å². The monoisotopic (exact) mass is 284 g/mol. The van der Waals surface area contributed by atoms with Crippen molar-refractivity contribution < 1.29 is 9.90 Å². The van der Waals surface area contributed by atoms with Crippen LogP contribution in [0.3, 0.4) is 0 Å². The van der Waals surface area contributed by atoms with Crippen LogP contribution in [0.25, 0.3) is 0 Å². The summed E-state index contributed by atoms with van der Waals surface area (Å²) in [6.45, 7) is 1.83. The SMILES string of the molecule is CNC(=O)C(C)NC(c1ccccc1)c1ccc(O)cc1. The summed E-state index contributed by atoms with van der Waals surface area (Å²) < 4.78 is 0. The molecule has 0 bridgehead atoms. The van der Waals surface area contributed by atoms with Gasteiger partial charge in [-0.05, 0) is 30.2 Å². The zero-order valence-corrected chi connectivity index (χ0v) is 12.2. The van der Waals surface area contributed by atoms with Crippen LogP contribution in [0.5, 0.6) is 5.75 Å². The van der Waals surface area contributed by atoms with E-state index in [1.54, 1.807) is 19.2 Å². The van der Waals surface area contributed by atoms with Gasteiger partial charge in [-0.3, -0.25) is 10.1 Å². The zero-order valence-electron chi connectivity index (χ0n) is 12.2. The number of benzene rings is 2. The molecular weight excluding hydrogens is 264 g/mol. The molecule has 0 spiro atoms. The lowest BCUT2D eigenvalue weighted by Gasteiger charge is -2.23. The number of phenolic OH excluding ortho intramolecular Hbond substituents is 1. The highest BCUT2D eigenvalue weighted by atomic mass is 16.3. The molecule has 0 heterocycles. The van der Waals surface area contributed by atoms with E-state index in [2.05, 4.69) is 10.6 Å². The fourth-order valence-electron chi connectivity index (χ4n) is 2.24. The van der Waals surface area contributed by atoms with Gasteiger partial charge in [-0.2, -0.15) is 0 Å². The molecule has 2 atom stereocenters. The van der Waals surface area contributed by atoms with Gasteiger partial charge in [-0.15, -0.1) is 0 Å². The highest BCUT2D eigenvalue weighted by molar-refractivity contribution is 5.81. The van der Waals surface area contributed by atoms with Crippen molar-refractivity contribution in [2.45, 2.75) is 19.0 Å². The van der Waals surface area contributed by atoms with Crippen molar-refractivity contribution in [3.63, 3.8) is 0 Å². The van der Waals surface area contributed by atoms with Crippen LogP contribution >= 0.6 is 0 Å². The van der Waals surface area contributed by atoms with Gasteiger partial charge in [0.1, 0.15) is 5.75 Å². The third-order valence-electron chi connectivity index (χ3n) is 3.42. The summed E-state index contributed by atoms with van der Waals surface area (Å²) in [5.41, 5.74) is 2.06. The first kappa shape index (κ1) is 15.1. The molecule has 2 unspecified atom stereocenters. The number of hydrogen-bond donors (Lipinski definition) is 3. The molecule has 4 nitrogen and oxygen atoms in total. The zero-order chi connectivity index (χ0) is 15.2. The number of carbonyl (C=O) groups is 1. The average molecular weight is 284 g/mol. The van der Waals surface area contributed by atoms with Crippen molar-refractivity contribution in [1.29, 1.82) is 0 Å². The topological polar surface area (TPSA) is 61.4 Å². The van der Waals surface area contributed by atoms with E-state index in [1.807, 2.05) is 49.4 Å². The van der Waals surface area contributed by atoms with Gasteiger partial charge in [0.2, 0.25) is 5.91 Å². The maximum atomic E-state index is 11.8. The second-order valence-electron chi connectivity index (χ2n) is 4.94. The Bertz CT molecular complexity index is 581. The molecule has 110 valence electrons. The summed E-state index contributed by atoms with van der Waals surface area (Å²) in [6, 6.07) is 16.5. The van der Waals surface area contributed by atoms with Gasteiger partial charge in [0.05, 0.1) is 12.1 Å². The van der Waals surface area contributed by atoms with Crippen LogP contribution in [-0.2, 0) is 4.79 Å². The fourth-order valence-corrected chi connectivity index (χ4v) is 2.24. The van der Waals surface area contributed by atoms with Crippen LogP contribution in [0, 0.1) is 0 Å². The van der Waals surface area contributed by atoms with Crippen LogP contribution in [-0.4, -0.2) is 24.1 Å². The highest BCUT2D eigenvalue weighted by Gasteiger charge is 2.19. The normalized spacial score (nSPS) is 13.4. The Morgan fingerprint density at radius 2 is 1.57 bits per heavy atom. The van der Waals surface area contributed by atoms with Crippen molar-refractivity contribution in [3.05, 3.63) is 65.7 Å². The number of hydrogen-bond acceptors (Lipinski definition) is 3. The van der Waals surface area contributed by atoms with E-state index in [0.29, 0.717) is 0 Å². The number of phenols is 1. The molecule has 0 aliphatic rings. The molecule has 1 amide bonds. The van der Waals surface area contributed by atoms with Crippen molar-refractivity contribution in [2.24, 2.45) is 0 Å². The quantitative estimate of drug-likeness (QED) is 0.789. The van der Waals surface area contributed by atoms with Gasteiger partial charge >= 0.3 is 0 Å². The summed E-state index contributed by atoms with van der Waals surface area (Å²) in [6.07, 6.45) is 0. The van der Waals surface area contributed by atoms with Gasteiger partial charge in [0.25, 0.3) is 0 Å². The molecule has 0 aliphatic heterocycles. The van der Waals surface area contributed by atoms with Gasteiger partial charge in [0.15, 0.2) is 0 Å². The highest BCUT2D eigenvalue weighted by Crippen LogP contribution is 2.24. The van der Waals surface area contributed by atoms with E-state index in [-0.39, 0.29) is 23.7 Å². The lowest BCUT2D eigenvalue weighted by molar-refractivity contribution is -0.122. The van der Waals surface area contributed by atoms with Crippen LogP contribution < -0.4 is 10.6 Å². The number of carbonyl (C=O) groups excluding carboxylic acids is 1. The second kappa shape index (κ2) is 6.90. The molecule has 21 heavy (non-hydrogen) atoms. The van der Waals surface area contributed by atoms with Gasteiger partial charge in [0, 0.05) is 7.05 Å². The van der Waals surface area contributed by atoms with Gasteiger partial charge < -0.3 is 10.4 Å². The molecule has 2 aromatic carbocycles. The van der Waals surface area contributed by atoms with E-state index in [9.17, 15) is 9.90 Å². The Hall–Kier alpha value is -2.33. The maximum absolute atomic E-state index is 11.8. The third-order valence-corrected chi connectivity index (χ3v) is 3.42. The van der Waals surface area contributed by atoms with E-state index < -0.39 is 0 Å². The third kappa shape index (κ3) is 3.83. The predicted molar refractivity (Wildman–Crippen MR) is 83.1 cm³/mol. The Balaban J connectivity index is 2.31. The molecule has 0 saturated heterocycles. The molecule has 0 aliphatic carbocycles. The van der Waals surface area contributed by atoms with Crippen LogP contribution in [0.4, 0.5) is 0 Å². The summed E-state index contributed by atoms with van der Waals surface area (Å²) >= 11 is 0.